The van der Waals surface area contributed by atoms with Crippen LogP contribution in [0.2, 0.25) is 0 Å². The Bertz CT molecular complexity index is 438. The highest BCUT2D eigenvalue weighted by Crippen LogP contribution is 2.19. The van der Waals surface area contributed by atoms with Crippen molar-refractivity contribution in [3.8, 4) is 5.88 Å². The molecule has 3 N–H and O–H groups in total. The lowest BCUT2D eigenvalue weighted by Gasteiger charge is -2.03. The van der Waals surface area contributed by atoms with Gasteiger partial charge < -0.3 is 15.5 Å². The van der Waals surface area contributed by atoms with Crippen molar-refractivity contribution in [2.45, 2.75) is 13.3 Å². The normalized spacial score (nSPS) is 10.6. The standard InChI is InChI=1S/C8H11N5O/c1-2-3-14-7-5-6(11-4-10-5)12-8(9)13-7/h4H,2-3H2,1H3,(H3,9,10,11,12,13). The first-order valence-electron chi connectivity index (χ1n) is 4.40. The number of anilines is 1. The summed E-state index contributed by atoms with van der Waals surface area (Å²) in [5.74, 6) is 0.641. The molecule has 0 radical (unpaired) electrons. The Labute approximate surface area is 80.5 Å². The largest absolute Gasteiger partial charge is 0.476 e. The van der Waals surface area contributed by atoms with Crippen LogP contribution in [0.15, 0.2) is 6.33 Å². The van der Waals surface area contributed by atoms with Crippen LogP contribution in [0.4, 0.5) is 5.95 Å². The highest BCUT2D eigenvalue weighted by molar-refractivity contribution is 5.76. The number of imidazole rings is 1. The van der Waals surface area contributed by atoms with Crippen molar-refractivity contribution in [1.29, 1.82) is 0 Å². The summed E-state index contributed by atoms with van der Waals surface area (Å²) in [6, 6.07) is 0. The number of rotatable bonds is 3. The van der Waals surface area contributed by atoms with Crippen molar-refractivity contribution < 1.29 is 4.74 Å². The van der Waals surface area contributed by atoms with Gasteiger partial charge in [0.25, 0.3) is 0 Å². The molecule has 0 amide bonds. The molecule has 0 bridgehead atoms. The van der Waals surface area contributed by atoms with Crippen molar-refractivity contribution in [3.05, 3.63) is 6.33 Å². The van der Waals surface area contributed by atoms with Crippen LogP contribution < -0.4 is 10.5 Å². The molecular weight excluding hydrogens is 182 g/mol. The van der Waals surface area contributed by atoms with Crippen molar-refractivity contribution in [3.63, 3.8) is 0 Å². The van der Waals surface area contributed by atoms with Gasteiger partial charge in [-0.25, -0.2) is 4.98 Å². The van der Waals surface area contributed by atoms with Gasteiger partial charge in [-0.05, 0) is 6.42 Å². The topological polar surface area (TPSA) is 89.7 Å². The van der Waals surface area contributed by atoms with Crippen LogP contribution in [-0.4, -0.2) is 26.5 Å². The third-order valence-corrected chi connectivity index (χ3v) is 1.71. The molecule has 0 aromatic carbocycles. The van der Waals surface area contributed by atoms with Crippen LogP contribution in [0.5, 0.6) is 5.88 Å². The summed E-state index contributed by atoms with van der Waals surface area (Å²) in [5.41, 5.74) is 6.72. The lowest BCUT2D eigenvalue weighted by atomic mass is 10.5. The molecule has 14 heavy (non-hydrogen) atoms. The van der Waals surface area contributed by atoms with E-state index < -0.39 is 0 Å². The van der Waals surface area contributed by atoms with E-state index in [0.717, 1.165) is 6.42 Å². The van der Waals surface area contributed by atoms with Crippen LogP contribution in [0.25, 0.3) is 11.2 Å². The number of nitrogens with zero attached hydrogens (tertiary/aromatic N) is 3. The second-order valence-electron chi connectivity index (χ2n) is 2.84. The molecule has 0 saturated heterocycles. The second-order valence-corrected chi connectivity index (χ2v) is 2.84. The summed E-state index contributed by atoms with van der Waals surface area (Å²) in [6.45, 7) is 2.62. The fourth-order valence-electron chi connectivity index (χ4n) is 1.13. The average Bonchev–Trinajstić information content (AvgIpc) is 2.61. The predicted molar refractivity (Wildman–Crippen MR) is 51.9 cm³/mol. The minimum atomic E-state index is 0.177. The molecule has 0 spiro atoms. The van der Waals surface area contributed by atoms with Crippen LogP contribution in [-0.2, 0) is 0 Å². The van der Waals surface area contributed by atoms with Crippen LogP contribution in [0, 0.1) is 0 Å². The first kappa shape index (κ1) is 8.74. The molecule has 0 aliphatic heterocycles. The molecule has 2 aromatic heterocycles. The van der Waals surface area contributed by atoms with Gasteiger partial charge in [-0.3, -0.25) is 0 Å². The van der Waals surface area contributed by atoms with Gasteiger partial charge in [-0.2, -0.15) is 9.97 Å². The monoisotopic (exact) mass is 193 g/mol. The minimum Gasteiger partial charge on any atom is -0.476 e. The summed E-state index contributed by atoms with van der Waals surface area (Å²) >= 11 is 0. The molecule has 2 heterocycles. The van der Waals surface area contributed by atoms with Gasteiger partial charge in [0.1, 0.15) is 5.52 Å². The summed E-state index contributed by atoms with van der Waals surface area (Å²) in [6.07, 6.45) is 2.46. The zero-order valence-corrected chi connectivity index (χ0v) is 7.82. The number of hydrogen-bond acceptors (Lipinski definition) is 5. The van der Waals surface area contributed by atoms with Crippen LogP contribution >= 0.6 is 0 Å². The van der Waals surface area contributed by atoms with E-state index >= 15 is 0 Å². The van der Waals surface area contributed by atoms with E-state index in [-0.39, 0.29) is 5.95 Å². The first-order valence-corrected chi connectivity index (χ1v) is 4.40. The Morgan fingerprint density at radius 1 is 1.50 bits per heavy atom. The van der Waals surface area contributed by atoms with Crippen LogP contribution in [0.1, 0.15) is 13.3 Å². The number of aromatic nitrogens is 4. The van der Waals surface area contributed by atoms with E-state index in [1.54, 1.807) is 0 Å². The molecule has 0 saturated carbocycles. The maximum Gasteiger partial charge on any atom is 0.245 e. The predicted octanol–water partition coefficient (Wildman–Crippen LogP) is 0.724. The van der Waals surface area contributed by atoms with Gasteiger partial charge in [0.2, 0.25) is 11.8 Å². The van der Waals surface area contributed by atoms with Gasteiger partial charge in [-0.1, -0.05) is 6.92 Å². The zero-order chi connectivity index (χ0) is 9.97. The summed E-state index contributed by atoms with van der Waals surface area (Å²) in [7, 11) is 0. The summed E-state index contributed by atoms with van der Waals surface area (Å²) < 4.78 is 5.41. The summed E-state index contributed by atoms with van der Waals surface area (Å²) in [4.78, 5) is 14.8. The third-order valence-electron chi connectivity index (χ3n) is 1.71. The SMILES string of the molecule is CCCOc1nc(N)nc2nc[nH]c12. The van der Waals surface area contributed by atoms with E-state index in [9.17, 15) is 0 Å². The average molecular weight is 193 g/mol. The number of H-pyrrole nitrogens is 1. The lowest BCUT2D eigenvalue weighted by molar-refractivity contribution is 0.309. The molecule has 0 unspecified atom stereocenters. The molecule has 0 aliphatic rings. The Balaban J connectivity index is 2.44. The van der Waals surface area contributed by atoms with Crippen LogP contribution in [0.3, 0.4) is 0 Å². The molecule has 6 heteroatoms. The second kappa shape index (κ2) is 3.49. The first-order chi connectivity index (χ1) is 6.81. The van der Waals surface area contributed by atoms with Crippen molar-refractivity contribution in [1.82, 2.24) is 19.9 Å². The van der Waals surface area contributed by atoms with Crippen molar-refractivity contribution >= 4 is 17.1 Å². The Kier molecular flexibility index (Phi) is 2.18. The Hall–Kier alpha value is -1.85. The highest BCUT2D eigenvalue weighted by Gasteiger charge is 2.08. The Morgan fingerprint density at radius 2 is 2.36 bits per heavy atom. The number of fused-ring (bicyclic) bond motifs is 1. The van der Waals surface area contributed by atoms with E-state index in [1.807, 2.05) is 6.92 Å². The molecule has 0 aliphatic carbocycles. The fourth-order valence-corrected chi connectivity index (χ4v) is 1.13. The fraction of sp³-hybridized carbons (Fsp3) is 0.375. The molecular formula is C8H11N5O. The number of aromatic amines is 1. The van der Waals surface area contributed by atoms with Crippen molar-refractivity contribution in [2.75, 3.05) is 12.3 Å². The molecule has 0 atom stereocenters. The molecule has 0 fully saturated rings. The molecule has 74 valence electrons. The maximum atomic E-state index is 5.50. The smallest absolute Gasteiger partial charge is 0.245 e. The van der Waals surface area contributed by atoms with E-state index in [2.05, 4.69) is 19.9 Å². The van der Waals surface area contributed by atoms with Gasteiger partial charge in [0.15, 0.2) is 5.65 Å². The van der Waals surface area contributed by atoms with E-state index in [4.69, 9.17) is 10.5 Å². The van der Waals surface area contributed by atoms with Gasteiger partial charge in [0.05, 0.1) is 12.9 Å². The maximum absolute atomic E-state index is 5.50. The zero-order valence-electron chi connectivity index (χ0n) is 7.82. The third kappa shape index (κ3) is 1.46. The molecule has 2 aromatic rings. The Morgan fingerprint density at radius 3 is 3.14 bits per heavy atom. The van der Waals surface area contributed by atoms with E-state index in [1.165, 1.54) is 6.33 Å². The number of nitrogens with one attached hydrogen (secondary N) is 1. The summed E-state index contributed by atoms with van der Waals surface area (Å²) in [5, 5.41) is 0. The highest BCUT2D eigenvalue weighted by atomic mass is 16.5. The molecule has 2 rings (SSSR count). The van der Waals surface area contributed by atoms with E-state index in [0.29, 0.717) is 23.7 Å². The van der Waals surface area contributed by atoms with Gasteiger partial charge >= 0.3 is 0 Å². The minimum absolute atomic E-state index is 0.177. The quantitative estimate of drug-likeness (QED) is 0.749. The number of ether oxygens (including phenoxy) is 1. The molecule has 6 nitrogen and oxygen atoms in total. The number of hydrogen-bond donors (Lipinski definition) is 2. The van der Waals surface area contributed by atoms with Gasteiger partial charge in [-0.15, -0.1) is 0 Å². The van der Waals surface area contributed by atoms with Gasteiger partial charge in [0, 0.05) is 0 Å². The number of nitrogen functional groups attached to an aromatic ring is 1. The van der Waals surface area contributed by atoms with Crippen molar-refractivity contribution in [2.24, 2.45) is 0 Å². The lowest BCUT2D eigenvalue weighted by Crippen LogP contribution is -2.02. The number of nitrogens with two attached hydrogens (primary N) is 1.